The molecule has 2 aromatic carbocycles. The first kappa shape index (κ1) is 15.5. The van der Waals surface area contributed by atoms with Crippen LogP contribution in [0.5, 0.6) is 5.75 Å². The van der Waals surface area contributed by atoms with E-state index in [0.29, 0.717) is 13.2 Å². The summed E-state index contributed by atoms with van der Waals surface area (Å²) in [6.07, 6.45) is 1.03. The molecule has 0 radical (unpaired) electrons. The minimum Gasteiger partial charge on any atom is -0.497 e. The monoisotopic (exact) mass is 285 g/mol. The number of hydrogen-bond donors (Lipinski definition) is 1. The van der Waals surface area contributed by atoms with Crippen LogP contribution in [0, 0.1) is 0 Å². The van der Waals surface area contributed by atoms with Crippen molar-refractivity contribution in [2.24, 2.45) is 0 Å². The molecule has 0 unspecified atom stereocenters. The summed E-state index contributed by atoms with van der Waals surface area (Å²) in [6, 6.07) is 16.4. The van der Waals surface area contributed by atoms with E-state index in [1.165, 1.54) is 11.1 Å². The van der Waals surface area contributed by atoms with Crippen LogP contribution >= 0.6 is 0 Å². The van der Waals surface area contributed by atoms with Gasteiger partial charge in [0.25, 0.3) is 0 Å². The van der Waals surface area contributed by atoms with E-state index in [-0.39, 0.29) is 0 Å². The van der Waals surface area contributed by atoms with Gasteiger partial charge in [0.15, 0.2) is 0 Å². The van der Waals surface area contributed by atoms with E-state index < -0.39 is 0 Å². The minimum atomic E-state index is 0.615. The Bertz CT molecular complexity index is 537. The van der Waals surface area contributed by atoms with Crippen LogP contribution in [0.3, 0.4) is 0 Å². The zero-order chi connectivity index (χ0) is 14.9. The molecule has 0 aromatic heterocycles. The van der Waals surface area contributed by atoms with Crippen molar-refractivity contribution in [1.29, 1.82) is 0 Å². The van der Waals surface area contributed by atoms with Crippen molar-refractivity contribution in [2.75, 3.05) is 20.7 Å². The number of methoxy groups -OCH3 is 1. The Hall–Kier alpha value is -1.84. The Kier molecular flexibility index (Phi) is 6.25. The van der Waals surface area contributed by atoms with Crippen molar-refractivity contribution in [1.82, 2.24) is 5.32 Å². The van der Waals surface area contributed by atoms with Gasteiger partial charge in [-0.25, -0.2) is 0 Å². The standard InChI is InChI=1S/C18H23NO2/c1-19-12-11-16-5-3-4-6-17(16)14-21-13-15-7-9-18(20-2)10-8-15/h3-10,19H,11-14H2,1-2H3. The average Bonchev–Trinajstić information content (AvgIpc) is 2.54. The summed E-state index contributed by atoms with van der Waals surface area (Å²) < 4.78 is 11.0. The normalized spacial score (nSPS) is 10.6. The van der Waals surface area contributed by atoms with Crippen molar-refractivity contribution in [3.05, 3.63) is 65.2 Å². The number of hydrogen-bond acceptors (Lipinski definition) is 3. The van der Waals surface area contributed by atoms with Crippen LogP contribution in [0.1, 0.15) is 16.7 Å². The SMILES string of the molecule is CNCCc1ccccc1COCc1ccc(OC)cc1. The lowest BCUT2D eigenvalue weighted by Gasteiger charge is -2.10. The molecule has 112 valence electrons. The van der Waals surface area contributed by atoms with E-state index >= 15 is 0 Å². The highest BCUT2D eigenvalue weighted by Gasteiger charge is 2.02. The molecule has 0 aliphatic heterocycles. The second kappa shape index (κ2) is 8.45. The first-order valence-electron chi connectivity index (χ1n) is 7.25. The fourth-order valence-electron chi connectivity index (χ4n) is 2.20. The van der Waals surface area contributed by atoms with Gasteiger partial charge in [-0.05, 0) is 48.8 Å². The molecule has 0 atom stereocenters. The van der Waals surface area contributed by atoms with Gasteiger partial charge in [0.2, 0.25) is 0 Å². The molecule has 0 aliphatic rings. The lowest BCUT2D eigenvalue weighted by molar-refractivity contribution is 0.106. The molecule has 0 bridgehead atoms. The fraction of sp³-hybridized carbons (Fsp3) is 0.333. The summed E-state index contributed by atoms with van der Waals surface area (Å²) in [6.45, 7) is 2.24. The maximum Gasteiger partial charge on any atom is 0.118 e. The lowest BCUT2D eigenvalue weighted by atomic mass is 10.1. The molecule has 0 fully saturated rings. The molecule has 0 heterocycles. The third-order valence-corrected chi connectivity index (χ3v) is 3.45. The average molecular weight is 285 g/mol. The Morgan fingerprint density at radius 3 is 2.29 bits per heavy atom. The Balaban J connectivity index is 1.87. The van der Waals surface area contributed by atoms with Gasteiger partial charge in [0.1, 0.15) is 5.75 Å². The Morgan fingerprint density at radius 1 is 0.905 bits per heavy atom. The topological polar surface area (TPSA) is 30.5 Å². The van der Waals surface area contributed by atoms with Gasteiger partial charge < -0.3 is 14.8 Å². The highest BCUT2D eigenvalue weighted by Crippen LogP contribution is 2.14. The number of rotatable bonds is 8. The molecular formula is C18H23NO2. The first-order chi connectivity index (χ1) is 10.3. The summed E-state index contributed by atoms with van der Waals surface area (Å²) >= 11 is 0. The molecule has 0 aliphatic carbocycles. The van der Waals surface area contributed by atoms with Crippen LogP contribution in [-0.4, -0.2) is 20.7 Å². The first-order valence-corrected chi connectivity index (χ1v) is 7.25. The summed E-state index contributed by atoms with van der Waals surface area (Å²) in [5, 5.41) is 3.18. The summed E-state index contributed by atoms with van der Waals surface area (Å²) in [5.41, 5.74) is 3.77. The van der Waals surface area contributed by atoms with Gasteiger partial charge >= 0.3 is 0 Å². The molecule has 0 spiro atoms. The van der Waals surface area contributed by atoms with Crippen LogP contribution < -0.4 is 10.1 Å². The maximum atomic E-state index is 5.84. The number of benzene rings is 2. The molecule has 1 N–H and O–H groups in total. The predicted molar refractivity (Wildman–Crippen MR) is 85.6 cm³/mol. The molecule has 2 aromatic rings. The quantitative estimate of drug-likeness (QED) is 0.808. The molecule has 21 heavy (non-hydrogen) atoms. The number of ether oxygens (including phenoxy) is 2. The minimum absolute atomic E-state index is 0.615. The summed E-state index contributed by atoms with van der Waals surface area (Å²) in [5.74, 6) is 0.871. The highest BCUT2D eigenvalue weighted by molar-refractivity contribution is 5.28. The van der Waals surface area contributed by atoms with E-state index in [2.05, 4.69) is 29.6 Å². The highest BCUT2D eigenvalue weighted by atomic mass is 16.5. The molecule has 2 rings (SSSR count). The third kappa shape index (κ3) is 4.88. The van der Waals surface area contributed by atoms with E-state index in [4.69, 9.17) is 9.47 Å². The summed E-state index contributed by atoms with van der Waals surface area (Å²) in [7, 11) is 3.65. The van der Waals surface area contributed by atoms with Crippen molar-refractivity contribution in [2.45, 2.75) is 19.6 Å². The molecule has 0 amide bonds. The molecular weight excluding hydrogens is 262 g/mol. The van der Waals surface area contributed by atoms with Gasteiger partial charge in [-0.1, -0.05) is 36.4 Å². The van der Waals surface area contributed by atoms with Crippen LogP contribution in [0.15, 0.2) is 48.5 Å². The third-order valence-electron chi connectivity index (χ3n) is 3.45. The van der Waals surface area contributed by atoms with Gasteiger partial charge in [-0.3, -0.25) is 0 Å². The zero-order valence-electron chi connectivity index (χ0n) is 12.8. The van der Waals surface area contributed by atoms with Gasteiger partial charge in [0, 0.05) is 0 Å². The van der Waals surface area contributed by atoms with E-state index in [0.717, 1.165) is 24.3 Å². The molecule has 0 saturated heterocycles. The van der Waals surface area contributed by atoms with Crippen molar-refractivity contribution >= 4 is 0 Å². The van der Waals surface area contributed by atoms with Gasteiger partial charge in [0.05, 0.1) is 20.3 Å². The van der Waals surface area contributed by atoms with Crippen LogP contribution in [-0.2, 0) is 24.4 Å². The van der Waals surface area contributed by atoms with Crippen LogP contribution in [0.4, 0.5) is 0 Å². The fourth-order valence-corrected chi connectivity index (χ4v) is 2.20. The smallest absolute Gasteiger partial charge is 0.118 e. The van der Waals surface area contributed by atoms with E-state index in [1.54, 1.807) is 7.11 Å². The molecule has 3 nitrogen and oxygen atoms in total. The van der Waals surface area contributed by atoms with Crippen molar-refractivity contribution in [3.8, 4) is 5.75 Å². The van der Waals surface area contributed by atoms with Gasteiger partial charge in [-0.15, -0.1) is 0 Å². The maximum absolute atomic E-state index is 5.84. The second-order valence-corrected chi connectivity index (χ2v) is 4.96. The predicted octanol–water partition coefficient (Wildman–Crippen LogP) is 3.17. The lowest BCUT2D eigenvalue weighted by Crippen LogP contribution is -2.11. The second-order valence-electron chi connectivity index (χ2n) is 4.96. The number of likely N-dealkylation sites (N-methyl/N-ethyl adjacent to an activating group) is 1. The summed E-state index contributed by atoms with van der Waals surface area (Å²) in [4.78, 5) is 0. The van der Waals surface area contributed by atoms with E-state index in [1.807, 2.05) is 31.3 Å². The molecule has 0 saturated carbocycles. The van der Waals surface area contributed by atoms with E-state index in [9.17, 15) is 0 Å². The number of nitrogens with one attached hydrogen (secondary N) is 1. The van der Waals surface area contributed by atoms with Gasteiger partial charge in [-0.2, -0.15) is 0 Å². The Morgan fingerprint density at radius 2 is 1.62 bits per heavy atom. The van der Waals surface area contributed by atoms with Crippen LogP contribution in [0.25, 0.3) is 0 Å². The van der Waals surface area contributed by atoms with Crippen LogP contribution in [0.2, 0.25) is 0 Å². The van der Waals surface area contributed by atoms with Crippen molar-refractivity contribution < 1.29 is 9.47 Å². The zero-order valence-corrected chi connectivity index (χ0v) is 12.8. The Labute approximate surface area is 126 Å². The van der Waals surface area contributed by atoms with Crippen molar-refractivity contribution in [3.63, 3.8) is 0 Å². The molecule has 3 heteroatoms. The largest absolute Gasteiger partial charge is 0.497 e.